The van der Waals surface area contributed by atoms with Crippen LogP contribution in [0.2, 0.25) is 5.02 Å². The number of hydrogen-bond acceptors (Lipinski definition) is 5. The fourth-order valence-electron chi connectivity index (χ4n) is 6.07. The van der Waals surface area contributed by atoms with Gasteiger partial charge in [0, 0.05) is 37.5 Å². The average Bonchev–Trinajstić information content (AvgIpc) is 3.58. The molecule has 0 saturated heterocycles. The van der Waals surface area contributed by atoms with Crippen LogP contribution >= 0.6 is 11.6 Å². The quantitative estimate of drug-likeness (QED) is 0.341. The second-order valence-corrected chi connectivity index (χ2v) is 12.3. The van der Waals surface area contributed by atoms with Gasteiger partial charge in [-0.05, 0) is 106 Å². The highest BCUT2D eigenvalue weighted by atomic mass is 35.5. The third-order valence-corrected chi connectivity index (χ3v) is 8.77. The standard InChI is InChI=1S/C31H39ClN4O2/c1-30(2,38-24-12-10-23(32)11-13-24)29(37)33-20-21-15-17-31(18-16-21)19-22(31)9-14-27-34-26-8-6-5-7-25(26)28(35-27)36(3)4/h5-8,10-13,21-22H,9,14-20H2,1-4H3,(H,33,37)/t21?,22-,31?/m0/s1. The minimum atomic E-state index is -0.942. The largest absolute Gasteiger partial charge is 0.478 e. The third-order valence-electron chi connectivity index (χ3n) is 8.51. The molecule has 2 aliphatic rings. The van der Waals surface area contributed by atoms with E-state index >= 15 is 0 Å². The Kier molecular flexibility index (Phi) is 7.54. The van der Waals surface area contributed by atoms with Crippen molar-refractivity contribution in [3.05, 3.63) is 59.4 Å². The Morgan fingerprint density at radius 1 is 1.11 bits per heavy atom. The number of carbonyl (C=O) groups is 1. The van der Waals surface area contributed by atoms with E-state index in [9.17, 15) is 4.79 Å². The predicted molar refractivity (Wildman–Crippen MR) is 154 cm³/mol. The lowest BCUT2D eigenvalue weighted by atomic mass is 9.78. The second-order valence-electron chi connectivity index (χ2n) is 11.9. The Balaban J connectivity index is 1.08. The van der Waals surface area contributed by atoms with Crippen molar-refractivity contribution < 1.29 is 9.53 Å². The van der Waals surface area contributed by atoms with Crippen molar-refractivity contribution >= 4 is 34.2 Å². The number of aryl methyl sites for hydroxylation is 1. The molecule has 2 saturated carbocycles. The van der Waals surface area contributed by atoms with Gasteiger partial charge in [0.2, 0.25) is 0 Å². The van der Waals surface area contributed by atoms with Crippen LogP contribution in [0.4, 0.5) is 5.82 Å². The van der Waals surface area contributed by atoms with Crippen LogP contribution in [-0.2, 0) is 11.2 Å². The van der Waals surface area contributed by atoms with Crippen LogP contribution in [0.1, 0.15) is 58.2 Å². The maximum absolute atomic E-state index is 12.9. The molecule has 0 aliphatic heterocycles. The number of para-hydroxylation sites is 1. The summed E-state index contributed by atoms with van der Waals surface area (Å²) >= 11 is 5.95. The summed E-state index contributed by atoms with van der Waals surface area (Å²) in [4.78, 5) is 24.7. The van der Waals surface area contributed by atoms with Crippen LogP contribution in [0.15, 0.2) is 48.5 Å². The van der Waals surface area contributed by atoms with E-state index in [1.807, 2.05) is 40.1 Å². The van der Waals surface area contributed by atoms with Crippen LogP contribution < -0.4 is 15.0 Å². The fraction of sp³-hybridized carbons (Fsp3) is 0.516. The van der Waals surface area contributed by atoms with Crippen molar-refractivity contribution in [2.75, 3.05) is 25.5 Å². The lowest BCUT2D eigenvalue weighted by molar-refractivity contribution is -0.134. The number of fused-ring (bicyclic) bond motifs is 1. The normalized spacial score (nSPS) is 22.9. The van der Waals surface area contributed by atoms with Crippen molar-refractivity contribution in [1.82, 2.24) is 15.3 Å². The topological polar surface area (TPSA) is 67.4 Å². The van der Waals surface area contributed by atoms with Gasteiger partial charge in [-0.15, -0.1) is 0 Å². The molecule has 1 N–H and O–H groups in total. The first-order valence-electron chi connectivity index (χ1n) is 13.8. The van der Waals surface area contributed by atoms with E-state index in [0.717, 1.165) is 41.3 Å². The number of benzene rings is 2. The maximum Gasteiger partial charge on any atom is 0.263 e. The molecule has 0 unspecified atom stereocenters. The number of halogens is 1. The molecule has 7 heteroatoms. The molecule has 2 fully saturated rings. The Bertz CT molecular complexity index is 1280. The Morgan fingerprint density at radius 2 is 1.82 bits per heavy atom. The Morgan fingerprint density at radius 3 is 2.53 bits per heavy atom. The predicted octanol–water partition coefficient (Wildman–Crippen LogP) is 6.45. The number of hydrogen-bond donors (Lipinski definition) is 1. The maximum atomic E-state index is 12.9. The van der Waals surface area contributed by atoms with E-state index in [1.165, 1.54) is 32.1 Å². The highest BCUT2D eigenvalue weighted by Gasteiger charge is 2.54. The summed E-state index contributed by atoms with van der Waals surface area (Å²) in [5, 5.41) is 4.90. The van der Waals surface area contributed by atoms with Gasteiger partial charge in [-0.1, -0.05) is 23.7 Å². The molecule has 1 heterocycles. The van der Waals surface area contributed by atoms with Gasteiger partial charge < -0.3 is 15.0 Å². The molecule has 1 aromatic heterocycles. The lowest BCUT2D eigenvalue weighted by Gasteiger charge is -2.31. The van der Waals surface area contributed by atoms with E-state index in [1.54, 1.807) is 24.3 Å². The van der Waals surface area contributed by atoms with Crippen LogP contribution in [0.25, 0.3) is 10.9 Å². The van der Waals surface area contributed by atoms with E-state index in [4.69, 9.17) is 26.3 Å². The molecule has 202 valence electrons. The number of nitrogens with zero attached hydrogens (tertiary/aromatic N) is 3. The monoisotopic (exact) mass is 534 g/mol. The molecule has 6 nitrogen and oxygen atoms in total. The molecule has 2 aliphatic carbocycles. The third kappa shape index (κ3) is 5.90. The highest BCUT2D eigenvalue weighted by molar-refractivity contribution is 6.30. The minimum absolute atomic E-state index is 0.0792. The summed E-state index contributed by atoms with van der Waals surface area (Å²) in [5.41, 5.74) is 0.581. The van der Waals surface area contributed by atoms with Crippen molar-refractivity contribution in [1.29, 1.82) is 0 Å². The van der Waals surface area contributed by atoms with Crippen LogP contribution in [-0.4, -0.2) is 42.1 Å². The van der Waals surface area contributed by atoms with E-state index in [-0.39, 0.29) is 5.91 Å². The molecule has 5 rings (SSSR count). The number of anilines is 1. The summed E-state index contributed by atoms with van der Waals surface area (Å²) in [6.45, 7) is 4.33. The van der Waals surface area contributed by atoms with E-state index in [2.05, 4.69) is 22.3 Å². The molecule has 0 bridgehead atoms. The number of nitrogens with one attached hydrogen (secondary N) is 1. The summed E-state index contributed by atoms with van der Waals surface area (Å²) in [7, 11) is 4.09. The van der Waals surface area contributed by atoms with Gasteiger partial charge in [-0.2, -0.15) is 0 Å². The first kappa shape index (κ1) is 26.7. The number of aromatic nitrogens is 2. The molecular formula is C31H39ClN4O2. The van der Waals surface area contributed by atoms with Crippen molar-refractivity contribution in [2.24, 2.45) is 17.3 Å². The minimum Gasteiger partial charge on any atom is -0.478 e. The number of rotatable bonds is 9. The van der Waals surface area contributed by atoms with Crippen molar-refractivity contribution in [2.45, 2.75) is 64.4 Å². The molecule has 0 radical (unpaired) electrons. The zero-order valence-corrected chi connectivity index (χ0v) is 23.7. The first-order valence-corrected chi connectivity index (χ1v) is 14.2. The lowest BCUT2D eigenvalue weighted by Crippen LogP contribution is -2.48. The van der Waals surface area contributed by atoms with Crippen molar-refractivity contribution in [3.8, 4) is 5.75 Å². The van der Waals surface area contributed by atoms with Gasteiger partial charge >= 0.3 is 0 Å². The number of amides is 1. The SMILES string of the molecule is CN(C)c1nc(CC[C@H]2CC23CCC(CNC(=O)C(C)(C)Oc2ccc(Cl)cc2)CC3)nc2ccccc12. The summed E-state index contributed by atoms with van der Waals surface area (Å²) < 4.78 is 5.94. The smallest absolute Gasteiger partial charge is 0.263 e. The Hall–Kier alpha value is -2.86. The van der Waals surface area contributed by atoms with Crippen LogP contribution in [0.3, 0.4) is 0 Å². The van der Waals surface area contributed by atoms with Crippen LogP contribution in [0, 0.1) is 17.3 Å². The van der Waals surface area contributed by atoms with E-state index < -0.39 is 5.60 Å². The molecule has 1 amide bonds. The van der Waals surface area contributed by atoms with Gasteiger partial charge in [0.25, 0.3) is 5.91 Å². The Labute approximate surface area is 231 Å². The second kappa shape index (κ2) is 10.7. The molecule has 38 heavy (non-hydrogen) atoms. The fourth-order valence-corrected chi connectivity index (χ4v) is 6.19. The first-order chi connectivity index (χ1) is 18.1. The molecule has 1 spiro atoms. The van der Waals surface area contributed by atoms with Gasteiger partial charge in [0.1, 0.15) is 17.4 Å². The van der Waals surface area contributed by atoms with Gasteiger partial charge in [-0.3, -0.25) is 4.79 Å². The van der Waals surface area contributed by atoms with Crippen LogP contribution in [0.5, 0.6) is 5.75 Å². The molecule has 2 aromatic carbocycles. The average molecular weight is 535 g/mol. The van der Waals surface area contributed by atoms with Crippen molar-refractivity contribution in [3.63, 3.8) is 0 Å². The highest BCUT2D eigenvalue weighted by Crippen LogP contribution is 2.63. The zero-order valence-electron chi connectivity index (χ0n) is 23.0. The molecular weight excluding hydrogens is 496 g/mol. The summed E-state index contributed by atoms with van der Waals surface area (Å²) in [6, 6.07) is 15.4. The van der Waals surface area contributed by atoms with Gasteiger partial charge in [0.05, 0.1) is 5.52 Å². The number of carbonyl (C=O) groups excluding carboxylic acids is 1. The summed E-state index contributed by atoms with van der Waals surface area (Å²) in [6.07, 6.45) is 8.26. The van der Waals surface area contributed by atoms with Gasteiger partial charge in [-0.25, -0.2) is 9.97 Å². The van der Waals surface area contributed by atoms with Gasteiger partial charge in [0.15, 0.2) is 5.60 Å². The summed E-state index contributed by atoms with van der Waals surface area (Å²) in [5.74, 6) is 3.81. The zero-order chi connectivity index (χ0) is 26.9. The molecule has 1 atom stereocenters. The molecule has 3 aromatic rings. The van der Waals surface area contributed by atoms with E-state index in [0.29, 0.717) is 28.6 Å². The number of ether oxygens (including phenoxy) is 1.